The first-order valence-electron chi connectivity index (χ1n) is 11.8. The molecule has 2 aromatic carbocycles. The average Bonchev–Trinajstić information content (AvgIpc) is 3.54. The fraction of sp³-hybridized carbons (Fsp3) is 0.179. The first-order valence-corrected chi connectivity index (χ1v) is 11.8. The highest BCUT2D eigenvalue weighted by atomic mass is 19.1. The van der Waals surface area contributed by atoms with E-state index in [9.17, 15) is 18.8 Å². The number of carbonyl (C=O) groups excluding carboxylic acids is 3. The lowest BCUT2D eigenvalue weighted by Crippen LogP contribution is -2.47. The molecule has 4 amide bonds. The fourth-order valence-corrected chi connectivity index (χ4v) is 4.74. The van der Waals surface area contributed by atoms with E-state index in [0.29, 0.717) is 28.2 Å². The molecule has 5 rings (SSSR count). The summed E-state index contributed by atoms with van der Waals surface area (Å²) in [5, 5.41) is 5.72. The molecule has 188 valence electrons. The summed E-state index contributed by atoms with van der Waals surface area (Å²) in [5.41, 5.74) is 2.02. The zero-order valence-corrected chi connectivity index (χ0v) is 19.9. The third-order valence-electron chi connectivity index (χ3n) is 6.46. The van der Waals surface area contributed by atoms with Gasteiger partial charge in [0, 0.05) is 6.54 Å². The van der Waals surface area contributed by atoms with Crippen LogP contribution < -0.4 is 10.6 Å². The number of hydrogen-bond donors (Lipinski definition) is 2. The first kappa shape index (κ1) is 24.1. The molecule has 2 atom stereocenters. The van der Waals surface area contributed by atoms with E-state index in [4.69, 9.17) is 4.42 Å². The van der Waals surface area contributed by atoms with Crippen molar-refractivity contribution in [2.45, 2.75) is 18.6 Å². The molecule has 3 heterocycles. The van der Waals surface area contributed by atoms with Crippen LogP contribution in [0.3, 0.4) is 0 Å². The lowest BCUT2D eigenvalue weighted by molar-refractivity contribution is -0.136. The Labute approximate surface area is 213 Å². The number of amides is 4. The number of carbonyl (C=O) groups is 3. The number of rotatable bonds is 8. The standard InChI is InChI=1S/C28H25FN4O4/c1-2-14-32-22-17-33(27(35)23(22)24(31-28(32)36)18-10-12-20(29)13-11-18)25(19-7-4-3-5-8-19)26(34)30-16-21-9-6-15-37-21/h2-13,15,24-25H,1,14,16-17H2,(H,30,34)(H,31,36)/t24-,25+/m0/s1. The van der Waals surface area contributed by atoms with E-state index in [-0.39, 0.29) is 31.4 Å². The van der Waals surface area contributed by atoms with E-state index in [1.807, 2.05) is 6.07 Å². The molecular formula is C28H25FN4O4. The third kappa shape index (κ3) is 4.63. The van der Waals surface area contributed by atoms with E-state index in [0.717, 1.165) is 0 Å². The Morgan fingerprint density at radius 1 is 1.14 bits per heavy atom. The number of hydrogen-bond acceptors (Lipinski definition) is 4. The predicted octanol–water partition coefficient (Wildman–Crippen LogP) is 3.83. The van der Waals surface area contributed by atoms with Gasteiger partial charge >= 0.3 is 6.03 Å². The Kier molecular flexibility index (Phi) is 6.59. The van der Waals surface area contributed by atoms with E-state index < -0.39 is 23.9 Å². The lowest BCUT2D eigenvalue weighted by Gasteiger charge is -2.33. The van der Waals surface area contributed by atoms with Crippen molar-refractivity contribution in [1.82, 2.24) is 20.4 Å². The predicted molar refractivity (Wildman–Crippen MR) is 133 cm³/mol. The summed E-state index contributed by atoms with van der Waals surface area (Å²) in [5.74, 6) is -0.622. The number of nitrogens with one attached hydrogen (secondary N) is 2. The molecule has 0 unspecified atom stereocenters. The molecule has 8 nitrogen and oxygen atoms in total. The maximum atomic E-state index is 14.0. The van der Waals surface area contributed by atoms with E-state index in [2.05, 4.69) is 17.2 Å². The van der Waals surface area contributed by atoms with Crippen molar-refractivity contribution in [3.63, 3.8) is 0 Å². The number of urea groups is 1. The van der Waals surface area contributed by atoms with Crippen LogP contribution in [-0.4, -0.2) is 40.7 Å². The highest BCUT2D eigenvalue weighted by molar-refractivity contribution is 6.03. The molecule has 0 spiro atoms. The second kappa shape index (κ2) is 10.1. The molecule has 2 aliphatic heterocycles. The van der Waals surface area contributed by atoms with Crippen molar-refractivity contribution < 1.29 is 23.2 Å². The van der Waals surface area contributed by atoms with Crippen LogP contribution >= 0.6 is 0 Å². The first-order chi connectivity index (χ1) is 18.0. The summed E-state index contributed by atoms with van der Waals surface area (Å²) in [6.07, 6.45) is 3.09. The van der Waals surface area contributed by atoms with Gasteiger partial charge in [0.25, 0.3) is 5.91 Å². The molecule has 0 radical (unpaired) electrons. The largest absolute Gasteiger partial charge is 0.467 e. The second-order valence-corrected chi connectivity index (χ2v) is 8.74. The molecule has 0 bridgehead atoms. The van der Waals surface area contributed by atoms with Crippen LogP contribution in [0.15, 0.2) is 101 Å². The van der Waals surface area contributed by atoms with Gasteiger partial charge in [-0.15, -0.1) is 6.58 Å². The van der Waals surface area contributed by atoms with Crippen LogP contribution in [0.1, 0.15) is 29.0 Å². The monoisotopic (exact) mass is 500 g/mol. The maximum absolute atomic E-state index is 14.0. The highest BCUT2D eigenvalue weighted by Gasteiger charge is 2.47. The SMILES string of the molecule is C=CCN1C(=O)N[C@@H](c2ccc(F)cc2)C2=C1CN([C@@H](C(=O)NCc1ccco1)c1ccccc1)C2=O. The minimum atomic E-state index is -0.955. The van der Waals surface area contributed by atoms with Crippen LogP contribution in [0.25, 0.3) is 0 Å². The number of furan rings is 1. The van der Waals surface area contributed by atoms with Gasteiger partial charge in [-0.25, -0.2) is 9.18 Å². The van der Waals surface area contributed by atoms with E-state index in [1.165, 1.54) is 40.3 Å². The summed E-state index contributed by atoms with van der Waals surface area (Å²) in [6, 6.07) is 16.0. The Balaban J connectivity index is 1.52. The van der Waals surface area contributed by atoms with Gasteiger partial charge < -0.3 is 20.0 Å². The normalized spacial score (nSPS) is 17.9. The summed E-state index contributed by atoms with van der Waals surface area (Å²) >= 11 is 0. The quantitative estimate of drug-likeness (QED) is 0.460. The van der Waals surface area contributed by atoms with Crippen LogP contribution in [0.2, 0.25) is 0 Å². The molecule has 3 aromatic rings. The Morgan fingerprint density at radius 3 is 2.57 bits per heavy atom. The zero-order valence-electron chi connectivity index (χ0n) is 19.9. The fourth-order valence-electron chi connectivity index (χ4n) is 4.74. The van der Waals surface area contributed by atoms with E-state index in [1.54, 1.807) is 42.5 Å². The molecule has 0 saturated heterocycles. The zero-order chi connectivity index (χ0) is 25.9. The summed E-state index contributed by atoms with van der Waals surface area (Å²) in [4.78, 5) is 43.5. The molecule has 0 aliphatic carbocycles. The minimum Gasteiger partial charge on any atom is -0.467 e. The molecular weight excluding hydrogens is 475 g/mol. The smallest absolute Gasteiger partial charge is 0.322 e. The van der Waals surface area contributed by atoms with Crippen LogP contribution in [0, 0.1) is 5.82 Å². The minimum absolute atomic E-state index is 0.0425. The van der Waals surface area contributed by atoms with Gasteiger partial charge in [-0.3, -0.25) is 14.5 Å². The molecule has 1 aromatic heterocycles. The average molecular weight is 501 g/mol. The Morgan fingerprint density at radius 2 is 1.89 bits per heavy atom. The highest BCUT2D eigenvalue weighted by Crippen LogP contribution is 2.39. The van der Waals surface area contributed by atoms with Gasteiger partial charge in [0.15, 0.2) is 0 Å². The van der Waals surface area contributed by atoms with Crippen molar-refractivity contribution in [3.8, 4) is 0 Å². The van der Waals surface area contributed by atoms with Crippen LogP contribution in [-0.2, 0) is 16.1 Å². The summed E-state index contributed by atoms with van der Waals surface area (Å²) in [7, 11) is 0. The summed E-state index contributed by atoms with van der Waals surface area (Å²) < 4.78 is 18.9. The van der Waals surface area contributed by atoms with Gasteiger partial charge in [-0.1, -0.05) is 48.5 Å². The van der Waals surface area contributed by atoms with Crippen molar-refractivity contribution in [2.24, 2.45) is 0 Å². The second-order valence-electron chi connectivity index (χ2n) is 8.74. The van der Waals surface area contributed by atoms with Crippen molar-refractivity contribution in [1.29, 1.82) is 0 Å². The van der Waals surface area contributed by atoms with Gasteiger partial charge in [0.2, 0.25) is 5.91 Å². The molecule has 0 fully saturated rings. The van der Waals surface area contributed by atoms with Crippen LogP contribution in [0.5, 0.6) is 0 Å². The molecule has 9 heteroatoms. The van der Waals surface area contributed by atoms with Crippen molar-refractivity contribution in [3.05, 3.63) is 120 Å². The van der Waals surface area contributed by atoms with Gasteiger partial charge in [-0.05, 0) is 35.4 Å². The third-order valence-corrected chi connectivity index (χ3v) is 6.46. The maximum Gasteiger partial charge on any atom is 0.322 e. The van der Waals surface area contributed by atoms with Crippen molar-refractivity contribution >= 4 is 17.8 Å². The molecule has 0 saturated carbocycles. The summed E-state index contributed by atoms with van der Waals surface area (Å²) in [6.45, 7) is 4.11. The van der Waals surface area contributed by atoms with Crippen LogP contribution in [0.4, 0.5) is 9.18 Å². The topological polar surface area (TPSA) is 94.9 Å². The Hall–Kier alpha value is -4.66. The van der Waals surface area contributed by atoms with Gasteiger partial charge in [-0.2, -0.15) is 0 Å². The van der Waals surface area contributed by atoms with E-state index >= 15 is 0 Å². The number of halogens is 1. The molecule has 2 aliphatic rings. The van der Waals surface area contributed by atoms with Crippen molar-refractivity contribution in [2.75, 3.05) is 13.1 Å². The Bertz CT molecular complexity index is 1350. The number of benzene rings is 2. The number of nitrogens with zero attached hydrogens (tertiary/aromatic N) is 2. The van der Waals surface area contributed by atoms with Gasteiger partial charge in [0.05, 0.1) is 36.7 Å². The molecule has 37 heavy (non-hydrogen) atoms. The molecule has 2 N–H and O–H groups in total. The lowest BCUT2D eigenvalue weighted by atomic mass is 9.95. The van der Waals surface area contributed by atoms with Gasteiger partial charge in [0.1, 0.15) is 17.6 Å².